The van der Waals surface area contributed by atoms with Gasteiger partial charge in [0, 0.05) is 20.5 Å². The lowest BCUT2D eigenvalue weighted by Gasteiger charge is -2.15. The molecule has 0 aliphatic carbocycles. The number of carbonyl (C=O) groups is 2. The molecule has 0 aliphatic rings. The van der Waals surface area contributed by atoms with Crippen LogP contribution < -0.4 is 11.1 Å². The second kappa shape index (κ2) is 9.15. The normalized spacial score (nSPS) is 9.94. The van der Waals surface area contributed by atoms with E-state index in [2.05, 4.69) is 5.32 Å². The van der Waals surface area contributed by atoms with Gasteiger partial charge in [-0.3, -0.25) is 9.59 Å². The van der Waals surface area contributed by atoms with Crippen LogP contribution in [0.5, 0.6) is 0 Å². The lowest BCUT2D eigenvalue weighted by Crippen LogP contribution is -2.36. The van der Waals surface area contributed by atoms with E-state index >= 15 is 0 Å². The predicted octanol–water partition coefficient (Wildman–Crippen LogP) is 0.100. The van der Waals surface area contributed by atoms with E-state index in [0.717, 1.165) is 25.7 Å². The Labute approximate surface area is 97.4 Å². The van der Waals surface area contributed by atoms with E-state index < -0.39 is 0 Å². The summed E-state index contributed by atoms with van der Waals surface area (Å²) in [6, 6.07) is 0. The van der Waals surface area contributed by atoms with Gasteiger partial charge in [-0.15, -0.1) is 0 Å². The fourth-order valence-electron chi connectivity index (χ4n) is 1.35. The van der Waals surface area contributed by atoms with Crippen LogP contribution in [-0.4, -0.2) is 43.9 Å². The Balaban J connectivity index is 3.59. The third-order valence-corrected chi connectivity index (χ3v) is 2.43. The summed E-state index contributed by atoms with van der Waals surface area (Å²) in [6.07, 6.45) is 4.50. The van der Waals surface area contributed by atoms with Crippen LogP contribution in [0.4, 0.5) is 0 Å². The average Bonchev–Trinajstić information content (AvgIpc) is 2.28. The summed E-state index contributed by atoms with van der Waals surface area (Å²) < 4.78 is 0. The third kappa shape index (κ3) is 7.23. The smallest absolute Gasteiger partial charge is 0.239 e. The van der Waals surface area contributed by atoms with E-state index in [-0.39, 0.29) is 18.4 Å². The summed E-state index contributed by atoms with van der Waals surface area (Å²) in [6.45, 7) is 0.850. The summed E-state index contributed by atoms with van der Waals surface area (Å²) in [4.78, 5) is 24.0. The molecule has 0 aromatic carbocycles. The molecule has 0 unspecified atom stereocenters. The highest BCUT2D eigenvalue weighted by atomic mass is 16.2. The standard InChI is InChI=1S/C11H23N3O2/c1-13-10(15)9-14(2)11(16)7-5-3-4-6-8-12/h3-9,12H2,1-2H3,(H,13,15). The molecule has 2 amide bonds. The first-order valence-electron chi connectivity index (χ1n) is 5.76. The van der Waals surface area contributed by atoms with Gasteiger partial charge >= 0.3 is 0 Å². The van der Waals surface area contributed by atoms with Crippen molar-refractivity contribution in [1.82, 2.24) is 10.2 Å². The van der Waals surface area contributed by atoms with Crippen molar-refractivity contribution in [3.63, 3.8) is 0 Å². The van der Waals surface area contributed by atoms with Crippen LogP contribution in [0.2, 0.25) is 0 Å². The molecule has 0 radical (unpaired) electrons. The van der Waals surface area contributed by atoms with Gasteiger partial charge in [0.2, 0.25) is 11.8 Å². The maximum atomic E-state index is 11.5. The lowest BCUT2D eigenvalue weighted by molar-refractivity contribution is -0.134. The Morgan fingerprint density at radius 1 is 1.19 bits per heavy atom. The van der Waals surface area contributed by atoms with E-state index in [1.54, 1.807) is 14.1 Å². The van der Waals surface area contributed by atoms with Gasteiger partial charge in [0.15, 0.2) is 0 Å². The van der Waals surface area contributed by atoms with Crippen molar-refractivity contribution in [2.75, 3.05) is 27.2 Å². The van der Waals surface area contributed by atoms with Crippen molar-refractivity contribution >= 4 is 11.8 Å². The van der Waals surface area contributed by atoms with E-state index in [1.807, 2.05) is 0 Å². The highest BCUT2D eigenvalue weighted by Crippen LogP contribution is 2.04. The van der Waals surface area contributed by atoms with Crippen LogP contribution in [0.15, 0.2) is 0 Å². The molecule has 0 aliphatic heterocycles. The summed E-state index contributed by atoms with van der Waals surface area (Å²) in [7, 11) is 3.21. The number of likely N-dealkylation sites (N-methyl/N-ethyl adjacent to an activating group) is 2. The number of hydrogen-bond donors (Lipinski definition) is 2. The van der Waals surface area contributed by atoms with Gasteiger partial charge in [-0.1, -0.05) is 12.8 Å². The van der Waals surface area contributed by atoms with Crippen molar-refractivity contribution < 1.29 is 9.59 Å². The summed E-state index contributed by atoms with van der Waals surface area (Å²) >= 11 is 0. The number of nitrogens with one attached hydrogen (secondary N) is 1. The number of unbranched alkanes of at least 4 members (excludes halogenated alkanes) is 3. The van der Waals surface area contributed by atoms with Gasteiger partial charge in [-0.2, -0.15) is 0 Å². The van der Waals surface area contributed by atoms with Crippen LogP contribution in [-0.2, 0) is 9.59 Å². The fourth-order valence-corrected chi connectivity index (χ4v) is 1.35. The highest BCUT2D eigenvalue weighted by molar-refractivity contribution is 5.84. The van der Waals surface area contributed by atoms with Gasteiger partial charge in [0.1, 0.15) is 0 Å². The van der Waals surface area contributed by atoms with E-state index in [0.29, 0.717) is 13.0 Å². The quantitative estimate of drug-likeness (QED) is 0.580. The predicted molar refractivity (Wildman–Crippen MR) is 63.8 cm³/mol. The number of hydrogen-bond acceptors (Lipinski definition) is 3. The Morgan fingerprint density at radius 2 is 1.81 bits per heavy atom. The first-order chi connectivity index (χ1) is 7.61. The second-order valence-electron chi connectivity index (χ2n) is 3.88. The molecular formula is C11H23N3O2. The molecule has 0 rings (SSSR count). The third-order valence-electron chi connectivity index (χ3n) is 2.43. The second-order valence-corrected chi connectivity index (χ2v) is 3.88. The van der Waals surface area contributed by atoms with Crippen molar-refractivity contribution in [2.45, 2.75) is 32.1 Å². The molecule has 0 spiro atoms. The largest absolute Gasteiger partial charge is 0.358 e. The molecule has 0 atom stereocenters. The molecule has 0 saturated heterocycles. The summed E-state index contributed by atoms with van der Waals surface area (Å²) in [5.74, 6) is -0.115. The molecule has 3 N–H and O–H groups in total. The summed E-state index contributed by atoms with van der Waals surface area (Å²) in [5.41, 5.74) is 5.37. The topological polar surface area (TPSA) is 75.4 Å². The Bertz CT molecular complexity index is 219. The average molecular weight is 229 g/mol. The van der Waals surface area contributed by atoms with Crippen molar-refractivity contribution in [2.24, 2.45) is 5.73 Å². The molecule has 94 valence electrons. The van der Waals surface area contributed by atoms with Gasteiger partial charge in [-0.05, 0) is 19.4 Å². The number of nitrogens with two attached hydrogens (primary N) is 1. The minimum atomic E-state index is -0.140. The van der Waals surface area contributed by atoms with Crippen LogP contribution in [0, 0.1) is 0 Å². The first kappa shape index (κ1) is 14.9. The van der Waals surface area contributed by atoms with Crippen molar-refractivity contribution in [3.05, 3.63) is 0 Å². The number of amides is 2. The molecule has 16 heavy (non-hydrogen) atoms. The molecule has 5 nitrogen and oxygen atoms in total. The van der Waals surface area contributed by atoms with Crippen LogP contribution >= 0.6 is 0 Å². The number of rotatable bonds is 8. The Morgan fingerprint density at radius 3 is 2.38 bits per heavy atom. The zero-order valence-electron chi connectivity index (χ0n) is 10.3. The van der Waals surface area contributed by atoms with Gasteiger partial charge in [-0.25, -0.2) is 0 Å². The van der Waals surface area contributed by atoms with E-state index in [9.17, 15) is 9.59 Å². The van der Waals surface area contributed by atoms with Crippen molar-refractivity contribution in [1.29, 1.82) is 0 Å². The maximum Gasteiger partial charge on any atom is 0.239 e. The maximum absolute atomic E-state index is 11.5. The molecule has 0 aromatic heterocycles. The highest BCUT2D eigenvalue weighted by Gasteiger charge is 2.10. The molecule has 0 bridgehead atoms. The van der Waals surface area contributed by atoms with E-state index in [4.69, 9.17) is 5.73 Å². The monoisotopic (exact) mass is 229 g/mol. The number of carbonyl (C=O) groups excluding carboxylic acids is 2. The Hall–Kier alpha value is -1.10. The molecule has 0 aromatic rings. The van der Waals surface area contributed by atoms with Gasteiger partial charge in [0.05, 0.1) is 6.54 Å². The fraction of sp³-hybridized carbons (Fsp3) is 0.818. The summed E-state index contributed by atoms with van der Waals surface area (Å²) in [5, 5.41) is 2.49. The van der Waals surface area contributed by atoms with Gasteiger partial charge in [0.25, 0.3) is 0 Å². The lowest BCUT2D eigenvalue weighted by atomic mass is 10.1. The molecule has 0 heterocycles. The van der Waals surface area contributed by atoms with Crippen LogP contribution in [0.1, 0.15) is 32.1 Å². The molecule has 0 fully saturated rings. The first-order valence-corrected chi connectivity index (χ1v) is 5.76. The minimum absolute atomic E-state index is 0.0244. The zero-order chi connectivity index (χ0) is 12.4. The van der Waals surface area contributed by atoms with Crippen LogP contribution in [0.25, 0.3) is 0 Å². The zero-order valence-corrected chi connectivity index (χ0v) is 10.3. The Kier molecular flexibility index (Phi) is 8.52. The SMILES string of the molecule is CNC(=O)CN(C)C(=O)CCCCCCN. The van der Waals surface area contributed by atoms with E-state index in [1.165, 1.54) is 4.90 Å². The molecular weight excluding hydrogens is 206 g/mol. The number of nitrogens with zero attached hydrogens (tertiary/aromatic N) is 1. The minimum Gasteiger partial charge on any atom is -0.358 e. The molecule has 5 heteroatoms. The van der Waals surface area contributed by atoms with Crippen LogP contribution in [0.3, 0.4) is 0 Å². The molecule has 0 saturated carbocycles. The van der Waals surface area contributed by atoms with Crippen molar-refractivity contribution in [3.8, 4) is 0 Å². The van der Waals surface area contributed by atoms with Gasteiger partial charge < -0.3 is 16.0 Å².